The fraction of sp³-hybridized carbons (Fsp3) is 0.211. The molecule has 2 heterocycles. The van der Waals surface area contributed by atoms with Crippen LogP contribution in [0.15, 0.2) is 61.1 Å². The van der Waals surface area contributed by atoms with E-state index >= 15 is 0 Å². The molecule has 0 atom stereocenters. The molecule has 26 heavy (non-hydrogen) atoms. The zero-order valence-electron chi connectivity index (χ0n) is 14.6. The highest BCUT2D eigenvalue weighted by Crippen LogP contribution is 2.13. The molecule has 7 heteroatoms. The highest BCUT2D eigenvalue weighted by molar-refractivity contribution is 5.73. The summed E-state index contributed by atoms with van der Waals surface area (Å²) in [5.41, 5.74) is 1.86. The summed E-state index contributed by atoms with van der Waals surface area (Å²) in [7, 11) is 0. The molecule has 3 aromatic rings. The van der Waals surface area contributed by atoms with Gasteiger partial charge < -0.3 is 15.4 Å². The number of carbonyl (C=O) groups excluding carboxylic acids is 1. The van der Waals surface area contributed by atoms with Crippen LogP contribution in [0.5, 0.6) is 5.75 Å². The molecular formula is C19H21N5O2. The topological polar surface area (TPSA) is 81.1 Å². The number of pyridine rings is 1. The number of hydrogen-bond acceptors (Lipinski definition) is 4. The number of carbonyl (C=O) groups is 1. The number of ether oxygens (including phenoxy) is 1. The third-order valence-electron chi connectivity index (χ3n) is 3.69. The molecule has 2 aromatic heterocycles. The zero-order valence-corrected chi connectivity index (χ0v) is 14.6. The van der Waals surface area contributed by atoms with Crippen molar-refractivity contribution in [1.82, 2.24) is 25.4 Å². The second-order valence-electron chi connectivity index (χ2n) is 5.55. The van der Waals surface area contributed by atoms with Gasteiger partial charge >= 0.3 is 6.03 Å². The number of amides is 2. The molecular weight excluding hydrogens is 330 g/mol. The monoisotopic (exact) mass is 351 g/mol. The molecule has 0 aliphatic carbocycles. The largest absolute Gasteiger partial charge is 0.494 e. The molecule has 0 bridgehead atoms. The molecule has 0 aliphatic heterocycles. The maximum absolute atomic E-state index is 12.1. The van der Waals surface area contributed by atoms with Gasteiger partial charge in [0.1, 0.15) is 5.75 Å². The number of aromatic nitrogens is 3. The molecule has 1 aromatic carbocycles. The highest BCUT2D eigenvalue weighted by Gasteiger charge is 2.08. The van der Waals surface area contributed by atoms with Crippen molar-refractivity contribution in [3.63, 3.8) is 0 Å². The fourth-order valence-electron chi connectivity index (χ4n) is 2.50. The summed E-state index contributed by atoms with van der Waals surface area (Å²) >= 11 is 0. The van der Waals surface area contributed by atoms with E-state index in [0.29, 0.717) is 25.5 Å². The van der Waals surface area contributed by atoms with Gasteiger partial charge in [-0.15, -0.1) is 0 Å². The molecule has 0 spiro atoms. The van der Waals surface area contributed by atoms with Crippen LogP contribution >= 0.6 is 0 Å². The van der Waals surface area contributed by atoms with E-state index in [1.54, 1.807) is 17.1 Å². The van der Waals surface area contributed by atoms with Gasteiger partial charge in [0.05, 0.1) is 6.61 Å². The van der Waals surface area contributed by atoms with Crippen LogP contribution in [0, 0.1) is 0 Å². The zero-order chi connectivity index (χ0) is 18.2. The van der Waals surface area contributed by atoms with Crippen LogP contribution in [0.25, 0.3) is 5.82 Å². The van der Waals surface area contributed by atoms with Crippen LogP contribution in [0.3, 0.4) is 0 Å². The molecule has 0 unspecified atom stereocenters. The number of hydrogen-bond donors (Lipinski definition) is 2. The van der Waals surface area contributed by atoms with Gasteiger partial charge in [-0.3, -0.25) is 0 Å². The Balaban J connectivity index is 1.54. The molecule has 0 saturated heterocycles. The van der Waals surface area contributed by atoms with Crippen LogP contribution < -0.4 is 15.4 Å². The molecule has 2 amide bonds. The highest BCUT2D eigenvalue weighted by atomic mass is 16.5. The predicted molar refractivity (Wildman–Crippen MR) is 98.0 cm³/mol. The summed E-state index contributed by atoms with van der Waals surface area (Å²) in [6.07, 6.45) is 5.21. The van der Waals surface area contributed by atoms with Crippen molar-refractivity contribution in [2.45, 2.75) is 20.0 Å². The molecule has 7 nitrogen and oxygen atoms in total. The SMILES string of the molecule is CCOc1cccc(CNC(=O)NCc2cccnc2-n2cccn2)c1. The second-order valence-corrected chi connectivity index (χ2v) is 5.55. The fourth-order valence-corrected chi connectivity index (χ4v) is 2.50. The van der Waals surface area contributed by atoms with Crippen LogP contribution in [0.4, 0.5) is 4.79 Å². The van der Waals surface area contributed by atoms with Crippen molar-refractivity contribution in [3.05, 3.63) is 72.2 Å². The third kappa shape index (κ3) is 4.60. The lowest BCUT2D eigenvalue weighted by atomic mass is 10.2. The summed E-state index contributed by atoms with van der Waals surface area (Å²) < 4.78 is 7.14. The summed E-state index contributed by atoms with van der Waals surface area (Å²) in [6.45, 7) is 3.33. The van der Waals surface area contributed by atoms with E-state index in [4.69, 9.17) is 4.74 Å². The smallest absolute Gasteiger partial charge is 0.315 e. The normalized spacial score (nSPS) is 10.3. The Labute approximate surface area is 152 Å². The molecule has 134 valence electrons. The Morgan fingerprint density at radius 1 is 1.12 bits per heavy atom. The van der Waals surface area contributed by atoms with Crippen molar-refractivity contribution in [2.75, 3.05) is 6.61 Å². The Morgan fingerprint density at radius 3 is 2.81 bits per heavy atom. The lowest BCUT2D eigenvalue weighted by molar-refractivity contribution is 0.240. The van der Waals surface area contributed by atoms with Crippen LogP contribution in [-0.4, -0.2) is 27.4 Å². The summed E-state index contributed by atoms with van der Waals surface area (Å²) in [6, 6.07) is 13.0. The number of nitrogens with one attached hydrogen (secondary N) is 2. The minimum atomic E-state index is -0.248. The lowest BCUT2D eigenvalue weighted by Gasteiger charge is -2.11. The minimum absolute atomic E-state index is 0.248. The van der Waals surface area contributed by atoms with Crippen LogP contribution in [0.1, 0.15) is 18.1 Å². The maximum Gasteiger partial charge on any atom is 0.315 e. The summed E-state index contributed by atoms with van der Waals surface area (Å²) in [5, 5.41) is 9.88. The maximum atomic E-state index is 12.1. The molecule has 3 rings (SSSR count). The molecule has 0 aliphatic rings. The average Bonchev–Trinajstić information content (AvgIpc) is 3.20. The van der Waals surface area contributed by atoms with E-state index in [-0.39, 0.29) is 6.03 Å². The predicted octanol–water partition coefficient (Wildman–Crippen LogP) is 2.67. The first-order chi connectivity index (χ1) is 12.8. The standard InChI is InChI=1S/C19H21N5O2/c1-2-26-17-8-3-6-15(12-17)13-21-19(25)22-14-16-7-4-9-20-18(16)24-11-5-10-23-24/h3-12H,2,13-14H2,1H3,(H2,21,22,25). The van der Waals surface area contributed by atoms with Gasteiger partial charge in [-0.2, -0.15) is 5.10 Å². The Morgan fingerprint density at radius 2 is 2.00 bits per heavy atom. The lowest BCUT2D eigenvalue weighted by Crippen LogP contribution is -2.34. The quantitative estimate of drug-likeness (QED) is 0.686. The molecule has 2 N–H and O–H groups in total. The number of urea groups is 1. The van der Waals surface area contributed by atoms with Crippen molar-refractivity contribution in [3.8, 4) is 11.6 Å². The average molecular weight is 351 g/mol. The molecule has 0 radical (unpaired) electrons. The van der Waals surface area contributed by atoms with Crippen LogP contribution in [0.2, 0.25) is 0 Å². The van der Waals surface area contributed by atoms with Gasteiger partial charge in [-0.25, -0.2) is 14.5 Å². The van der Waals surface area contributed by atoms with Gasteiger partial charge in [-0.1, -0.05) is 18.2 Å². The van der Waals surface area contributed by atoms with Gasteiger partial charge in [0.15, 0.2) is 5.82 Å². The van der Waals surface area contributed by atoms with E-state index in [2.05, 4.69) is 20.7 Å². The Bertz CT molecular complexity index is 849. The first-order valence-electron chi connectivity index (χ1n) is 8.43. The molecule has 0 saturated carbocycles. The minimum Gasteiger partial charge on any atom is -0.494 e. The number of nitrogens with zero attached hydrogens (tertiary/aromatic N) is 3. The van der Waals surface area contributed by atoms with E-state index in [1.807, 2.05) is 55.6 Å². The van der Waals surface area contributed by atoms with E-state index in [0.717, 1.165) is 16.9 Å². The van der Waals surface area contributed by atoms with Crippen molar-refractivity contribution < 1.29 is 9.53 Å². The Kier molecular flexibility index (Phi) is 5.82. The summed E-state index contributed by atoms with van der Waals surface area (Å²) in [5.74, 6) is 1.49. The Hall–Kier alpha value is -3.35. The van der Waals surface area contributed by atoms with Gasteiger partial charge in [-0.05, 0) is 36.8 Å². The van der Waals surface area contributed by atoms with Crippen molar-refractivity contribution in [1.29, 1.82) is 0 Å². The second kappa shape index (κ2) is 8.66. The van der Waals surface area contributed by atoms with E-state index < -0.39 is 0 Å². The van der Waals surface area contributed by atoms with Gasteiger partial charge in [0.25, 0.3) is 0 Å². The number of benzene rings is 1. The third-order valence-corrected chi connectivity index (χ3v) is 3.69. The van der Waals surface area contributed by atoms with Gasteiger partial charge in [0.2, 0.25) is 0 Å². The van der Waals surface area contributed by atoms with Crippen molar-refractivity contribution >= 4 is 6.03 Å². The van der Waals surface area contributed by atoms with Crippen LogP contribution in [-0.2, 0) is 13.1 Å². The van der Waals surface area contributed by atoms with Gasteiger partial charge in [0, 0.05) is 37.2 Å². The van der Waals surface area contributed by atoms with Crippen molar-refractivity contribution in [2.24, 2.45) is 0 Å². The molecule has 0 fully saturated rings. The van der Waals surface area contributed by atoms with E-state index in [1.165, 1.54) is 0 Å². The first kappa shape index (κ1) is 17.5. The summed E-state index contributed by atoms with van der Waals surface area (Å²) in [4.78, 5) is 16.4. The van der Waals surface area contributed by atoms with E-state index in [9.17, 15) is 4.79 Å². The first-order valence-corrected chi connectivity index (χ1v) is 8.43. The number of rotatable bonds is 7.